The zero-order valence-corrected chi connectivity index (χ0v) is 10.5. The van der Waals surface area contributed by atoms with E-state index >= 15 is 0 Å². The topological polar surface area (TPSA) is 46.2 Å². The number of rotatable bonds is 6. The van der Waals surface area contributed by atoms with Crippen molar-refractivity contribution in [3.63, 3.8) is 0 Å². The Kier molecular flexibility index (Phi) is 5.61. The summed E-state index contributed by atoms with van der Waals surface area (Å²) in [6.07, 6.45) is 5.00. The minimum Gasteiger partial charge on any atom is -0.317 e. The lowest BCUT2D eigenvalue weighted by Gasteiger charge is -2.22. The molecule has 0 saturated carbocycles. The van der Waals surface area contributed by atoms with Gasteiger partial charge in [-0.15, -0.1) is 0 Å². The highest BCUT2D eigenvalue weighted by Gasteiger charge is 2.20. The van der Waals surface area contributed by atoms with Crippen molar-refractivity contribution in [2.45, 2.75) is 39.0 Å². The average Bonchev–Trinajstić information content (AvgIpc) is 2.18. The van der Waals surface area contributed by atoms with E-state index in [2.05, 4.69) is 12.2 Å². The second-order valence-corrected chi connectivity index (χ2v) is 6.74. The maximum atomic E-state index is 11.8. The van der Waals surface area contributed by atoms with Crippen molar-refractivity contribution >= 4 is 9.84 Å². The number of hydrogen-bond donors (Lipinski definition) is 1. The highest BCUT2D eigenvalue weighted by atomic mass is 32.2. The first kappa shape index (κ1) is 13.0. The zero-order valence-electron chi connectivity index (χ0n) is 9.67. The molecule has 0 aromatic carbocycles. The maximum Gasteiger partial charge on any atom is 0.150 e. The van der Waals surface area contributed by atoms with Crippen molar-refractivity contribution < 1.29 is 8.42 Å². The van der Waals surface area contributed by atoms with Gasteiger partial charge in [0.1, 0.15) is 0 Å². The Morgan fingerprint density at radius 1 is 1.20 bits per heavy atom. The molecule has 1 N–H and O–H groups in total. The summed E-state index contributed by atoms with van der Waals surface area (Å²) in [5.41, 5.74) is 0. The van der Waals surface area contributed by atoms with E-state index in [9.17, 15) is 8.42 Å². The van der Waals surface area contributed by atoms with Crippen molar-refractivity contribution in [2.75, 3.05) is 24.6 Å². The van der Waals surface area contributed by atoms with Crippen molar-refractivity contribution in [3.05, 3.63) is 0 Å². The monoisotopic (exact) mass is 233 g/mol. The molecule has 0 aliphatic carbocycles. The van der Waals surface area contributed by atoms with Crippen LogP contribution in [0.15, 0.2) is 0 Å². The number of nitrogens with one attached hydrogen (secondary N) is 1. The molecule has 0 atom stereocenters. The molecule has 1 heterocycles. The summed E-state index contributed by atoms with van der Waals surface area (Å²) in [6.45, 7) is 4.06. The third kappa shape index (κ3) is 5.52. The quantitative estimate of drug-likeness (QED) is 0.709. The highest BCUT2D eigenvalue weighted by Crippen LogP contribution is 2.15. The van der Waals surface area contributed by atoms with Gasteiger partial charge in [-0.05, 0) is 38.3 Å². The Labute approximate surface area is 93.6 Å². The maximum absolute atomic E-state index is 11.8. The second kappa shape index (κ2) is 6.48. The lowest BCUT2D eigenvalue weighted by Crippen LogP contribution is -2.32. The van der Waals surface area contributed by atoms with Crippen molar-refractivity contribution in [1.29, 1.82) is 0 Å². The molecular formula is C11H23NO2S. The summed E-state index contributed by atoms with van der Waals surface area (Å²) in [5, 5.41) is 3.26. The molecule has 1 fully saturated rings. The van der Waals surface area contributed by atoms with E-state index in [4.69, 9.17) is 0 Å². The molecular weight excluding hydrogens is 210 g/mol. The molecule has 0 radical (unpaired) electrons. The van der Waals surface area contributed by atoms with Crippen molar-refractivity contribution in [1.82, 2.24) is 5.32 Å². The number of piperidine rings is 1. The Balaban J connectivity index is 2.27. The molecule has 1 aliphatic rings. The van der Waals surface area contributed by atoms with Crippen LogP contribution in [0.4, 0.5) is 0 Å². The largest absolute Gasteiger partial charge is 0.317 e. The van der Waals surface area contributed by atoms with Crippen molar-refractivity contribution in [3.8, 4) is 0 Å². The van der Waals surface area contributed by atoms with Crippen LogP contribution < -0.4 is 5.32 Å². The Bertz CT molecular complexity index is 256. The minimum atomic E-state index is -2.78. The Morgan fingerprint density at radius 2 is 1.87 bits per heavy atom. The first-order valence-electron chi connectivity index (χ1n) is 6.05. The molecule has 0 amide bonds. The standard InChI is InChI=1S/C11H23NO2S/c1-2-3-4-9-15(13,14)10-11-5-7-12-8-6-11/h11-12H,2-10H2,1H3. The van der Waals surface area contributed by atoms with Crippen LogP contribution in [0.5, 0.6) is 0 Å². The van der Waals surface area contributed by atoms with Crippen LogP contribution >= 0.6 is 0 Å². The van der Waals surface area contributed by atoms with E-state index in [0.717, 1.165) is 45.2 Å². The number of unbranched alkanes of at least 4 members (excludes halogenated alkanes) is 2. The van der Waals surface area contributed by atoms with E-state index in [1.165, 1.54) is 0 Å². The summed E-state index contributed by atoms with van der Waals surface area (Å²) in [7, 11) is -2.78. The van der Waals surface area contributed by atoms with Crippen LogP contribution in [0, 0.1) is 5.92 Å². The van der Waals surface area contributed by atoms with Crippen LogP contribution in [0.2, 0.25) is 0 Å². The predicted molar refractivity (Wildman–Crippen MR) is 63.8 cm³/mol. The van der Waals surface area contributed by atoms with Crippen LogP contribution in [-0.2, 0) is 9.84 Å². The smallest absolute Gasteiger partial charge is 0.150 e. The van der Waals surface area contributed by atoms with Gasteiger partial charge in [-0.1, -0.05) is 19.8 Å². The fraction of sp³-hybridized carbons (Fsp3) is 1.00. The van der Waals surface area contributed by atoms with Gasteiger partial charge < -0.3 is 5.32 Å². The van der Waals surface area contributed by atoms with Gasteiger partial charge in [0.2, 0.25) is 0 Å². The number of hydrogen-bond acceptors (Lipinski definition) is 3. The van der Waals surface area contributed by atoms with Crippen molar-refractivity contribution in [2.24, 2.45) is 5.92 Å². The molecule has 1 saturated heterocycles. The normalized spacial score (nSPS) is 19.3. The molecule has 4 heteroatoms. The molecule has 90 valence electrons. The van der Waals surface area contributed by atoms with Crippen LogP contribution in [0.3, 0.4) is 0 Å². The summed E-state index contributed by atoms with van der Waals surface area (Å²) < 4.78 is 23.5. The average molecular weight is 233 g/mol. The molecule has 0 unspecified atom stereocenters. The van der Waals surface area contributed by atoms with Crippen LogP contribution in [0.1, 0.15) is 39.0 Å². The molecule has 1 rings (SSSR count). The third-order valence-corrected chi connectivity index (χ3v) is 4.90. The molecule has 3 nitrogen and oxygen atoms in total. The highest BCUT2D eigenvalue weighted by molar-refractivity contribution is 7.91. The van der Waals surface area contributed by atoms with E-state index in [1.807, 2.05) is 0 Å². The van der Waals surface area contributed by atoms with Crippen LogP contribution in [0.25, 0.3) is 0 Å². The molecule has 1 aliphatic heterocycles. The molecule has 0 aromatic rings. The Morgan fingerprint density at radius 3 is 2.47 bits per heavy atom. The van der Waals surface area contributed by atoms with Gasteiger partial charge in [-0.25, -0.2) is 8.42 Å². The summed E-state index contributed by atoms with van der Waals surface area (Å²) in [5.74, 6) is 1.21. The van der Waals surface area contributed by atoms with Gasteiger partial charge in [-0.2, -0.15) is 0 Å². The van der Waals surface area contributed by atoms with Gasteiger partial charge in [0.25, 0.3) is 0 Å². The molecule has 0 spiro atoms. The van der Waals surface area contributed by atoms with Gasteiger partial charge in [0.15, 0.2) is 9.84 Å². The Hall–Kier alpha value is -0.0900. The SMILES string of the molecule is CCCCCS(=O)(=O)CC1CCNCC1. The molecule has 15 heavy (non-hydrogen) atoms. The van der Waals surface area contributed by atoms with E-state index in [1.54, 1.807) is 0 Å². The van der Waals surface area contributed by atoms with Gasteiger partial charge >= 0.3 is 0 Å². The lowest BCUT2D eigenvalue weighted by molar-refractivity contribution is 0.401. The fourth-order valence-corrected chi connectivity index (χ4v) is 3.92. The molecule has 0 aromatic heterocycles. The summed E-state index contributed by atoms with van der Waals surface area (Å²) in [6, 6.07) is 0. The minimum absolute atomic E-state index is 0.394. The van der Waals surface area contributed by atoms with E-state index < -0.39 is 9.84 Å². The first-order chi connectivity index (χ1) is 7.14. The first-order valence-corrected chi connectivity index (χ1v) is 7.87. The van der Waals surface area contributed by atoms with E-state index in [-0.39, 0.29) is 0 Å². The third-order valence-electron chi connectivity index (χ3n) is 3.01. The zero-order chi connectivity index (χ0) is 11.1. The lowest BCUT2D eigenvalue weighted by atomic mass is 10.0. The fourth-order valence-electron chi connectivity index (χ4n) is 2.06. The van der Waals surface area contributed by atoms with Crippen LogP contribution in [-0.4, -0.2) is 33.0 Å². The summed E-state index contributed by atoms with van der Waals surface area (Å²) >= 11 is 0. The second-order valence-electron chi connectivity index (χ2n) is 4.51. The number of sulfone groups is 1. The van der Waals surface area contributed by atoms with Gasteiger partial charge in [-0.3, -0.25) is 0 Å². The summed E-state index contributed by atoms with van der Waals surface area (Å²) in [4.78, 5) is 0. The van der Waals surface area contributed by atoms with Gasteiger partial charge in [0, 0.05) is 0 Å². The predicted octanol–water partition coefficient (Wildman–Crippen LogP) is 1.59. The van der Waals surface area contributed by atoms with E-state index in [0.29, 0.717) is 17.4 Å². The molecule has 0 bridgehead atoms. The van der Waals surface area contributed by atoms with Gasteiger partial charge in [0.05, 0.1) is 11.5 Å².